The largest absolute Gasteiger partial charge is 0.493 e. The summed E-state index contributed by atoms with van der Waals surface area (Å²) in [5, 5.41) is 9.38. The normalized spacial score (nSPS) is 15.9. The Morgan fingerprint density at radius 3 is 2.43 bits per heavy atom. The number of aromatic nitrogens is 1. The quantitative estimate of drug-likeness (QED) is 0.754. The summed E-state index contributed by atoms with van der Waals surface area (Å²) in [6, 6.07) is 4.16. The first-order chi connectivity index (χ1) is 13.9. The van der Waals surface area contributed by atoms with Crippen LogP contribution < -0.4 is 14.9 Å². The van der Waals surface area contributed by atoms with Gasteiger partial charge in [-0.2, -0.15) is 8.78 Å². The first-order valence-corrected chi connectivity index (χ1v) is 9.65. The van der Waals surface area contributed by atoms with Crippen molar-refractivity contribution >= 4 is 5.97 Å². The number of alkyl halides is 2. The van der Waals surface area contributed by atoms with Crippen molar-refractivity contribution in [3.63, 3.8) is 0 Å². The van der Waals surface area contributed by atoms with E-state index in [1.807, 2.05) is 20.8 Å². The number of rotatable bonds is 5. The zero-order valence-electron chi connectivity index (χ0n) is 17.6. The van der Waals surface area contributed by atoms with E-state index in [0.29, 0.717) is 17.7 Å². The summed E-state index contributed by atoms with van der Waals surface area (Å²) in [5.74, 6) is -1.26. The molecule has 0 saturated heterocycles. The number of carboxylic acids is 1. The number of carbonyl (C=O) groups is 1. The highest BCUT2D eigenvalue weighted by molar-refractivity contribution is 5.88. The van der Waals surface area contributed by atoms with Crippen molar-refractivity contribution in [2.75, 3.05) is 7.11 Å². The average molecular weight is 421 g/mol. The monoisotopic (exact) mass is 421 g/mol. The van der Waals surface area contributed by atoms with Crippen molar-refractivity contribution in [3.05, 3.63) is 45.7 Å². The van der Waals surface area contributed by atoms with Crippen molar-refractivity contribution < 1.29 is 28.2 Å². The van der Waals surface area contributed by atoms with Crippen molar-refractivity contribution in [2.45, 2.75) is 52.7 Å². The third kappa shape index (κ3) is 3.91. The average Bonchev–Trinajstić information content (AvgIpc) is 2.65. The predicted molar refractivity (Wildman–Crippen MR) is 108 cm³/mol. The number of pyridine rings is 1. The highest BCUT2D eigenvalue weighted by atomic mass is 19.3. The maximum Gasteiger partial charge on any atom is 0.397 e. The van der Waals surface area contributed by atoms with Gasteiger partial charge in [-0.3, -0.25) is 4.79 Å². The van der Waals surface area contributed by atoms with Gasteiger partial charge in [-0.1, -0.05) is 27.7 Å². The molecule has 0 fully saturated rings. The van der Waals surface area contributed by atoms with E-state index in [0.717, 1.165) is 5.56 Å². The highest BCUT2D eigenvalue weighted by Crippen LogP contribution is 2.46. The van der Waals surface area contributed by atoms with E-state index in [4.69, 9.17) is 9.47 Å². The van der Waals surface area contributed by atoms with Crippen molar-refractivity contribution in [1.29, 1.82) is 0 Å². The number of halogens is 2. The van der Waals surface area contributed by atoms with Gasteiger partial charge in [0.25, 0.3) is 0 Å². The molecule has 6 nitrogen and oxygen atoms in total. The fourth-order valence-corrected chi connectivity index (χ4v) is 3.70. The number of benzene rings is 1. The highest BCUT2D eigenvalue weighted by Gasteiger charge is 2.36. The van der Waals surface area contributed by atoms with Gasteiger partial charge in [0.15, 0.2) is 16.9 Å². The number of carboxylic acid groups (broad SMARTS) is 1. The van der Waals surface area contributed by atoms with Crippen LogP contribution in [0.25, 0.3) is 11.3 Å². The van der Waals surface area contributed by atoms with Crippen LogP contribution in [-0.4, -0.2) is 28.9 Å². The van der Waals surface area contributed by atoms with E-state index >= 15 is 0 Å². The third-order valence-corrected chi connectivity index (χ3v) is 5.40. The van der Waals surface area contributed by atoms with Crippen molar-refractivity contribution in [3.8, 4) is 22.8 Å². The lowest BCUT2D eigenvalue weighted by atomic mass is 9.78. The molecule has 1 atom stereocenters. The zero-order chi connectivity index (χ0) is 22.4. The van der Waals surface area contributed by atoms with E-state index in [9.17, 15) is 23.5 Å². The van der Waals surface area contributed by atoms with Crippen molar-refractivity contribution in [1.82, 2.24) is 4.57 Å². The van der Waals surface area contributed by atoms with Crippen LogP contribution in [-0.2, 0) is 6.42 Å². The van der Waals surface area contributed by atoms with Crippen LogP contribution in [0.2, 0.25) is 0 Å². The molecular weight excluding hydrogens is 396 g/mol. The van der Waals surface area contributed by atoms with Gasteiger partial charge in [-0.15, -0.1) is 0 Å². The van der Waals surface area contributed by atoms with Crippen molar-refractivity contribution in [2.24, 2.45) is 5.41 Å². The summed E-state index contributed by atoms with van der Waals surface area (Å²) >= 11 is 0. The third-order valence-electron chi connectivity index (χ3n) is 5.40. The molecular formula is C22H25F2NO5. The Bertz CT molecular complexity index is 1050. The van der Waals surface area contributed by atoms with E-state index in [1.54, 1.807) is 10.6 Å². The summed E-state index contributed by atoms with van der Waals surface area (Å²) < 4.78 is 39.7. The SMILES string of the molecule is CCC(F)(F)Oc1cc2c(cc1OC)-c1cc(=O)c(C(=O)O)cn1C(C(C)(C)C)C2. The van der Waals surface area contributed by atoms with Crippen LogP contribution in [0.3, 0.4) is 0 Å². The summed E-state index contributed by atoms with van der Waals surface area (Å²) in [7, 11) is 1.35. The molecule has 0 amide bonds. The molecule has 2 heterocycles. The molecule has 3 rings (SSSR count). The van der Waals surface area contributed by atoms with Crippen LogP contribution in [0, 0.1) is 5.41 Å². The van der Waals surface area contributed by atoms with Gasteiger partial charge in [0.1, 0.15) is 5.56 Å². The van der Waals surface area contributed by atoms with Crippen LogP contribution in [0.15, 0.2) is 29.2 Å². The van der Waals surface area contributed by atoms with E-state index in [2.05, 4.69) is 0 Å². The van der Waals surface area contributed by atoms with Crippen LogP contribution in [0.4, 0.5) is 8.78 Å². The molecule has 162 valence electrons. The lowest BCUT2D eigenvalue weighted by molar-refractivity contribution is -0.178. The summed E-state index contributed by atoms with van der Waals surface area (Å²) in [6.45, 7) is 7.31. The molecule has 0 radical (unpaired) electrons. The Morgan fingerprint density at radius 2 is 1.90 bits per heavy atom. The van der Waals surface area contributed by atoms with Gasteiger partial charge < -0.3 is 19.1 Å². The number of nitrogens with zero attached hydrogens (tertiary/aromatic N) is 1. The van der Waals surface area contributed by atoms with Gasteiger partial charge in [-0.25, -0.2) is 4.79 Å². The Kier molecular flexibility index (Phi) is 5.39. The molecule has 8 heteroatoms. The first kappa shape index (κ1) is 21.8. The molecule has 0 aliphatic carbocycles. The maximum atomic E-state index is 13.9. The Balaban J connectivity index is 2.27. The Labute approximate surface area is 173 Å². The van der Waals surface area contributed by atoms with E-state index in [-0.39, 0.29) is 28.5 Å². The van der Waals surface area contributed by atoms with Gasteiger partial charge in [0.2, 0.25) is 0 Å². The van der Waals surface area contributed by atoms with Crippen LogP contribution >= 0.6 is 0 Å². The van der Waals surface area contributed by atoms with Gasteiger partial charge in [-0.05, 0) is 29.5 Å². The van der Waals surface area contributed by atoms with Gasteiger partial charge in [0, 0.05) is 30.3 Å². The molecule has 2 aromatic rings. The standard InChI is InChI=1S/C22H25F2NO5/c1-6-22(23,24)30-18-7-12-8-19(21(2,3)4)25-11-14(20(27)28)16(26)10-15(25)13(12)9-17(18)29-5/h7,9-11,19H,6,8H2,1-5H3,(H,27,28). The summed E-state index contributed by atoms with van der Waals surface area (Å²) in [5.41, 5.74) is 0.620. The molecule has 0 saturated carbocycles. The second kappa shape index (κ2) is 7.41. The second-order valence-corrected chi connectivity index (χ2v) is 8.49. The number of fused-ring (bicyclic) bond motifs is 3. The number of ether oxygens (including phenoxy) is 2. The lowest BCUT2D eigenvalue weighted by Crippen LogP contribution is -2.33. The first-order valence-electron chi connectivity index (χ1n) is 9.65. The summed E-state index contributed by atoms with van der Waals surface area (Å²) in [4.78, 5) is 23.9. The molecule has 1 aliphatic rings. The zero-order valence-corrected chi connectivity index (χ0v) is 17.6. The lowest BCUT2D eigenvalue weighted by Gasteiger charge is -2.39. The molecule has 1 N–H and O–H groups in total. The second-order valence-electron chi connectivity index (χ2n) is 8.49. The molecule has 1 aromatic carbocycles. The smallest absolute Gasteiger partial charge is 0.397 e. The maximum absolute atomic E-state index is 13.9. The topological polar surface area (TPSA) is 77.8 Å². The fraction of sp³-hybridized carbons (Fsp3) is 0.455. The Morgan fingerprint density at radius 1 is 1.23 bits per heavy atom. The van der Waals surface area contributed by atoms with E-state index in [1.165, 1.54) is 32.4 Å². The molecule has 0 bridgehead atoms. The van der Waals surface area contributed by atoms with Gasteiger partial charge in [0.05, 0.1) is 12.8 Å². The number of methoxy groups -OCH3 is 1. The number of hydrogen-bond acceptors (Lipinski definition) is 4. The number of hydrogen-bond donors (Lipinski definition) is 1. The van der Waals surface area contributed by atoms with E-state index < -0.39 is 23.9 Å². The fourth-order valence-electron chi connectivity index (χ4n) is 3.70. The molecule has 30 heavy (non-hydrogen) atoms. The molecule has 1 aliphatic heterocycles. The summed E-state index contributed by atoms with van der Waals surface area (Å²) in [6.07, 6.45) is -2.02. The minimum atomic E-state index is -3.34. The van der Waals surface area contributed by atoms with Crippen LogP contribution in [0.5, 0.6) is 11.5 Å². The number of aromatic carboxylic acids is 1. The Hall–Kier alpha value is -2.90. The van der Waals surface area contributed by atoms with Gasteiger partial charge >= 0.3 is 12.1 Å². The molecule has 1 aromatic heterocycles. The molecule has 1 unspecified atom stereocenters. The predicted octanol–water partition coefficient (Wildman–Crippen LogP) is 4.75. The minimum Gasteiger partial charge on any atom is -0.493 e. The minimum absolute atomic E-state index is 0.0753. The molecule has 0 spiro atoms. The van der Waals surface area contributed by atoms with Crippen LogP contribution in [0.1, 0.15) is 56.1 Å².